The van der Waals surface area contributed by atoms with Crippen LogP contribution in [0.4, 0.5) is 4.79 Å². The van der Waals surface area contributed by atoms with E-state index in [9.17, 15) is 19.2 Å². The highest BCUT2D eigenvalue weighted by Crippen LogP contribution is 2.30. The van der Waals surface area contributed by atoms with Crippen LogP contribution in [0.5, 0.6) is 0 Å². The normalized spacial score (nSPS) is 16.9. The number of rotatable bonds is 3. The molecule has 0 aromatic heterocycles. The first-order valence-electron chi connectivity index (χ1n) is 9.45. The number of amides is 4. The minimum absolute atomic E-state index is 0.146. The maximum atomic E-state index is 12.9. The standard InChI is InChI=1S/C20H24ClN3O5/c1-20(2,3)24-17(26)14-5-4-13(12-15(14)18(24)27)16(25)22-7-9-23(10-8-22)19(28)29-11-6-21/h4-5,12H,6-11H2,1-3H3. The van der Waals surface area contributed by atoms with Crippen molar-refractivity contribution in [3.05, 3.63) is 34.9 Å². The van der Waals surface area contributed by atoms with Crippen LogP contribution in [-0.2, 0) is 4.74 Å². The molecule has 9 heteroatoms. The number of halogens is 1. The van der Waals surface area contributed by atoms with E-state index in [4.69, 9.17) is 16.3 Å². The Morgan fingerprint density at radius 3 is 2.17 bits per heavy atom. The number of fused-ring (bicyclic) bond motifs is 1. The third kappa shape index (κ3) is 4.07. The lowest BCUT2D eigenvalue weighted by molar-refractivity contribution is 0.0507. The van der Waals surface area contributed by atoms with Crippen molar-refractivity contribution < 1.29 is 23.9 Å². The number of carbonyl (C=O) groups is 4. The first kappa shape index (κ1) is 21.1. The number of hydrogen-bond acceptors (Lipinski definition) is 5. The van der Waals surface area contributed by atoms with Gasteiger partial charge in [0.1, 0.15) is 6.61 Å². The fraction of sp³-hybridized carbons (Fsp3) is 0.500. The van der Waals surface area contributed by atoms with E-state index in [-0.39, 0.29) is 35.8 Å². The lowest BCUT2D eigenvalue weighted by Gasteiger charge is -2.34. The van der Waals surface area contributed by atoms with E-state index in [2.05, 4.69) is 0 Å². The second-order valence-electron chi connectivity index (χ2n) is 7.96. The molecule has 4 amide bonds. The van der Waals surface area contributed by atoms with Crippen LogP contribution >= 0.6 is 11.6 Å². The number of alkyl halides is 1. The van der Waals surface area contributed by atoms with Gasteiger partial charge in [0.15, 0.2) is 0 Å². The predicted octanol–water partition coefficient (Wildman–Crippen LogP) is 2.21. The molecule has 0 atom stereocenters. The summed E-state index contributed by atoms with van der Waals surface area (Å²) in [7, 11) is 0. The largest absolute Gasteiger partial charge is 0.448 e. The summed E-state index contributed by atoms with van der Waals surface area (Å²) in [5.41, 5.74) is 0.261. The zero-order chi connectivity index (χ0) is 21.3. The van der Waals surface area contributed by atoms with E-state index in [1.54, 1.807) is 31.7 Å². The minimum atomic E-state index is -0.647. The fourth-order valence-corrected chi connectivity index (χ4v) is 3.55. The fourth-order valence-electron chi connectivity index (χ4n) is 3.47. The summed E-state index contributed by atoms with van der Waals surface area (Å²) in [6.45, 7) is 6.93. The van der Waals surface area contributed by atoms with Crippen LogP contribution in [0.1, 0.15) is 51.8 Å². The molecule has 0 spiro atoms. The maximum Gasteiger partial charge on any atom is 0.409 e. The van der Waals surface area contributed by atoms with Gasteiger partial charge in [0.05, 0.1) is 17.0 Å². The van der Waals surface area contributed by atoms with Gasteiger partial charge in [-0.1, -0.05) is 0 Å². The Hall–Kier alpha value is -2.61. The lowest BCUT2D eigenvalue weighted by Crippen LogP contribution is -2.50. The van der Waals surface area contributed by atoms with Gasteiger partial charge in [0, 0.05) is 37.3 Å². The molecule has 1 saturated heterocycles. The van der Waals surface area contributed by atoms with Crippen LogP contribution in [-0.4, -0.2) is 82.7 Å². The van der Waals surface area contributed by atoms with Crippen molar-refractivity contribution in [2.24, 2.45) is 0 Å². The van der Waals surface area contributed by atoms with E-state index < -0.39 is 11.6 Å². The molecule has 1 fully saturated rings. The predicted molar refractivity (Wildman–Crippen MR) is 106 cm³/mol. The molecule has 3 rings (SSSR count). The molecule has 0 bridgehead atoms. The smallest absolute Gasteiger partial charge is 0.409 e. The van der Waals surface area contributed by atoms with Crippen LogP contribution < -0.4 is 0 Å². The molecular formula is C20H24ClN3O5. The second-order valence-corrected chi connectivity index (χ2v) is 8.34. The summed E-state index contributed by atoms with van der Waals surface area (Å²) in [5, 5.41) is 0. The van der Waals surface area contributed by atoms with Gasteiger partial charge in [-0.15, -0.1) is 11.6 Å². The zero-order valence-electron chi connectivity index (χ0n) is 16.7. The molecule has 0 aliphatic carbocycles. The number of piperazine rings is 1. The van der Waals surface area contributed by atoms with Gasteiger partial charge < -0.3 is 14.5 Å². The lowest BCUT2D eigenvalue weighted by atomic mass is 10.0. The van der Waals surface area contributed by atoms with Gasteiger partial charge in [-0.3, -0.25) is 19.3 Å². The third-order valence-corrected chi connectivity index (χ3v) is 5.09. The number of imide groups is 1. The number of ether oxygens (including phenoxy) is 1. The monoisotopic (exact) mass is 421 g/mol. The van der Waals surface area contributed by atoms with E-state index in [1.165, 1.54) is 21.9 Å². The topological polar surface area (TPSA) is 87.2 Å². The third-order valence-electron chi connectivity index (χ3n) is 4.93. The summed E-state index contributed by atoms with van der Waals surface area (Å²) < 4.78 is 5.00. The van der Waals surface area contributed by atoms with Gasteiger partial charge in [0.25, 0.3) is 17.7 Å². The van der Waals surface area contributed by atoms with Crippen LogP contribution in [0.25, 0.3) is 0 Å². The summed E-state index contributed by atoms with van der Waals surface area (Å²) in [6.07, 6.45) is -0.443. The molecule has 1 aromatic carbocycles. The summed E-state index contributed by atoms with van der Waals surface area (Å²) >= 11 is 5.51. The first-order chi connectivity index (χ1) is 13.6. The van der Waals surface area contributed by atoms with Gasteiger partial charge >= 0.3 is 6.09 Å². The number of nitrogens with zero attached hydrogens (tertiary/aromatic N) is 3. The van der Waals surface area contributed by atoms with Crippen molar-refractivity contribution in [3.63, 3.8) is 0 Å². The molecule has 0 saturated carbocycles. The molecule has 156 valence electrons. The number of carbonyl (C=O) groups excluding carboxylic acids is 4. The molecule has 1 aromatic rings. The van der Waals surface area contributed by atoms with Gasteiger partial charge in [-0.25, -0.2) is 4.79 Å². The van der Waals surface area contributed by atoms with Gasteiger partial charge in [-0.2, -0.15) is 0 Å². The van der Waals surface area contributed by atoms with Crippen LogP contribution in [0.2, 0.25) is 0 Å². The molecule has 8 nitrogen and oxygen atoms in total. The Labute approximate surface area is 174 Å². The Kier molecular flexibility index (Phi) is 5.84. The van der Waals surface area contributed by atoms with Gasteiger partial charge in [0.2, 0.25) is 0 Å². The first-order valence-corrected chi connectivity index (χ1v) is 9.98. The average Bonchev–Trinajstić information content (AvgIpc) is 2.95. The molecular weight excluding hydrogens is 398 g/mol. The van der Waals surface area contributed by atoms with E-state index >= 15 is 0 Å². The molecule has 2 heterocycles. The Balaban J connectivity index is 1.70. The summed E-state index contributed by atoms with van der Waals surface area (Å²) in [6, 6.07) is 4.60. The Morgan fingerprint density at radius 1 is 1.00 bits per heavy atom. The second kappa shape index (κ2) is 8.02. The summed E-state index contributed by atoms with van der Waals surface area (Å²) in [4.78, 5) is 54.4. The van der Waals surface area contributed by atoms with Crippen LogP contribution in [0, 0.1) is 0 Å². The molecule has 0 unspecified atom stereocenters. The van der Waals surface area contributed by atoms with Crippen molar-refractivity contribution in [3.8, 4) is 0 Å². The highest BCUT2D eigenvalue weighted by molar-refractivity contribution is 6.22. The zero-order valence-corrected chi connectivity index (χ0v) is 17.5. The van der Waals surface area contributed by atoms with Crippen molar-refractivity contribution in [1.29, 1.82) is 0 Å². The highest BCUT2D eigenvalue weighted by atomic mass is 35.5. The van der Waals surface area contributed by atoms with Crippen molar-refractivity contribution in [2.75, 3.05) is 38.7 Å². The number of hydrogen-bond donors (Lipinski definition) is 0. The highest BCUT2D eigenvalue weighted by Gasteiger charge is 2.42. The maximum absolute atomic E-state index is 12.9. The average molecular weight is 422 g/mol. The van der Waals surface area contributed by atoms with E-state index in [1.807, 2.05) is 0 Å². The van der Waals surface area contributed by atoms with Crippen molar-refractivity contribution in [1.82, 2.24) is 14.7 Å². The Bertz CT molecular complexity index is 856. The van der Waals surface area contributed by atoms with Crippen LogP contribution in [0.3, 0.4) is 0 Å². The molecule has 2 aliphatic rings. The summed E-state index contributed by atoms with van der Waals surface area (Å²) in [5.74, 6) is -0.744. The van der Waals surface area contributed by atoms with E-state index in [0.29, 0.717) is 37.3 Å². The molecule has 29 heavy (non-hydrogen) atoms. The van der Waals surface area contributed by atoms with Gasteiger partial charge in [-0.05, 0) is 39.0 Å². The minimum Gasteiger partial charge on any atom is -0.448 e. The van der Waals surface area contributed by atoms with E-state index in [0.717, 1.165) is 0 Å². The van der Waals surface area contributed by atoms with Crippen molar-refractivity contribution in [2.45, 2.75) is 26.3 Å². The molecule has 0 N–H and O–H groups in total. The molecule has 2 aliphatic heterocycles. The molecule has 0 radical (unpaired) electrons. The Morgan fingerprint density at radius 2 is 1.59 bits per heavy atom. The number of benzene rings is 1. The van der Waals surface area contributed by atoms with Crippen LogP contribution in [0.15, 0.2) is 18.2 Å². The SMILES string of the molecule is CC(C)(C)N1C(=O)c2ccc(C(=O)N3CCN(C(=O)OCCCl)CC3)cc2C1=O. The quantitative estimate of drug-likeness (QED) is 0.551. The van der Waals surface area contributed by atoms with Crippen molar-refractivity contribution >= 4 is 35.4 Å².